The van der Waals surface area contributed by atoms with E-state index < -0.39 is 0 Å². The minimum Gasteiger partial charge on any atom is -0.459 e. The van der Waals surface area contributed by atoms with Gasteiger partial charge in [-0.25, -0.2) is 4.79 Å². The van der Waals surface area contributed by atoms with Gasteiger partial charge in [0, 0.05) is 32.2 Å². The number of piperazine rings is 1. The van der Waals surface area contributed by atoms with Crippen LogP contribution in [-0.2, 0) is 0 Å². The molecular formula is C22H28N4O4S. The summed E-state index contributed by atoms with van der Waals surface area (Å²) in [7, 11) is 0. The Labute approximate surface area is 185 Å². The number of hydrogen-bond donors (Lipinski definition) is 2. The first kappa shape index (κ1) is 21.4. The lowest BCUT2D eigenvalue weighted by Crippen LogP contribution is -2.54. The van der Waals surface area contributed by atoms with Gasteiger partial charge in [0.2, 0.25) is 0 Å². The van der Waals surface area contributed by atoms with Gasteiger partial charge in [-0.1, -0.05) is 19.3 Å². The van der Waals surface area contributed by atoms with Crippen LogP contribution >= 0.6 is 11.3 Å². The second-order valence-corrected chi connectivity index (χ2v) is 9.17. The van der Waals surface area contributed by atoms with Crippen molar-refractivity contribution in [1.29, 1.82) is 0 Å². The summed E-state index contributed by atoms with van der Waals surface area (Å²) >= 11 is 1.26. The molecule has 1 aliphatic heterocycles. The van der Waals surface area contributed by atoms with Gasteiger partial charge in [-0.15, -0.1) is 11.3 Å². The number of carbonyl (C=O) groups excluding carboxylic acids is 3. The first-order chi connectivity index (χ1) is 15.0. The third kappa shape index (κ3) is 5.10. The lowest BCUT2D eigenvalue weighted by molar-refractivity contribution is 0.0666. The molecule has 31 heavy (non-hydrogen) atoms. The molecule has 8 nitrogen and oxygen atoms in total. The highest BCUT2D eigenvalue weighted by molar-refractivity contribution is 7.18. The zero-order valence-corrected chi connectivity index (χ0v) is 18.5. The SMILES string of the molecule is Cc1cc(NC(=O)c2ccco2)sc1C(=O)N1CCN(C(=O)NC2CCCCC2)CC1. The van der Waals surface area contributed by atoms with E-state index in [9.17, 15) is 14.4 Å². The van der Waals surface area contributed by atoms with Gasteiger partial charge in [0.15, 0.2) is 5.76 Å². The van der Waals surface area contributed by atoms with Crippen LogP contribution in [0.5, 0.6) is 0 Å². The molecule has 166 valence electrons. The predicted molar refractivity (Wildman–Crippen MR) is 119 cm³/mol. The summed E-state index contributed by atoms with van der Waals surface area (Å²) in [5.74, 6) is -0.183. The van der Waals surface area contributed by atoms with Gasteiger partial charge in [0.1, 0.15) is 0 Å². The van der Waals surface area contributed by atoms with E-state index in [1.807, 2.05) is 6.92 Å². The fraction of sp³-hybridized carbons (Fsp3) is 0.500. The second kappa shape index (κ2) is 9.55. The molecule has 1 aliphatic carbocycles. The molecule has 2 N–H and O–H groups in total. The maximum atomic E-state index is 13.0. The van der Waals surface area contributed by atoms with Crippen molar-refractivity contribution < 1.29 is 18.8 Å². The molecule has 0 bridgehead atoms. The van der Waals surface area contributed by atoms with Crippen molar-refractivity contribution >= 4 is 34.2 Å². The average molecular weight is 445 g/mol. The molecule has 9 heteroatoms. The van der Waals surface area contributed by atoms with Crippen molar-refractivity contribution in [3.63, 3.8) is 0 Å². The quantitative estimate of drug-likeness (QED) is 0.752. The van der Waals surface area contributed by atoms with Crippen molar-refractivity contribution in [1.82, 2.24) is 15.1 Å². The number of aryl methyl sites for hydroxylation is 1. The van der Waals surface area contributed by atoms with Gasteiger partial charge in [-0.3, -0.25) is 9.59 Å². The van der Waals surface area contributed by atoms with Crippen LogP contribution in [0.25, 0.3) is 0 Å². The summed E-state index contributed by atoms with van der Waals surface area (Å²) in [6, 6.07) is 5.30. The first-order valence-corrected chi connectivity index (χ1v) is 11.6. The highest BCUT2D eigenvalue weighted by atomic mass is 32.1. The van der Waals surface area contributed by atoms with Gasteiger partial charge >= 0.3 is 6.03 Å². The molecule has 1 saturated heterocycles. The van der Waals surface area contributed by atoms with Crippen molar-refractivity contribution in [3.05, 3.63) is 40.7 Å². The van der Waals surface area contributed by atoms with Crippen LogP contribution in [0.2, 0.25) is 0 Å². The zero-order chi connectivity index (χ0) is 21.8. The molecule has 2 aliphatic rings. The van der Waals surface area contributed by atoms with Crippen LogP contribution in [0.4, 0.5) is 9.80 Å². The molecule has 0 spiro atoms. The number of furan rings is 1. The third-order valence-corrected chi connectivity index (χ3v) is 7.02. The summed E-state index contributed by atoms with van der Waals surface area (Å²) in [5.41, 5.74) is 0.821. The Morgan fingerprint density at radius 3 is 2.45 bits per heavy atom. The molecule has 0 aromatic carbocycles. The second-order valence-electron chi connectivity index (χ2n) is 8.12. The number of nitrogens with one attached hydrogen (secondary N) is 2. The maximum absolute atomic E-state index is 13.0. The number of urea groups is 1. The summed E-state index contributed by atoms with van der Waals surface area (Å²) < 4.78 is 5.10. The summed E-state index contributed by atoms with van der Waals surface area (Å²) in [6.07, 6.45) is 7.16. The Hall–Kier alpha value is -2.81. The predicted octanol–water partition coefficient (Wildman–Crippen LogP) is 3.70. The number of thiophene rings is 1. The van der Waals surface area contributed by atoms with E-state index in [2.05, 4.69) is 10.6 Å². The number of anilines is 1. The molecule has 4 amide bonds. The van der Waals surface area contributed by atoms with Gasteiger partial charge < -0.3 is 24.9 Å². The molecule has 3 heterocycles. The van der Waals surface area contributed by atoms with E-state index in [0.29, 0.717) is 36.1 Å². The van der Waals surface area contributed by atoms with Gasteiger partial charge in [-0.05, 0) is 43.5 Å². The third-order valence-electron chi connectivity index (χ3n) is 5.88. The van der Waals surface area contributed by atoms with E-state index in [1.165, 1.54) is 36.9 Å². The number of hydrogen-bond acceptors (Lipinski definition) is 5. The number of nitrogens with zero attached hydrogens (tertiary/aromatic N) is 2. The van der Waals surface area contributed by atoms with Crippen molar-refractivity contribution in [2.75, 3.05) is 31.5 Å². The molecule has 0 unspecified atom stereocenters. The molecule has 4 rings (SSSR count). The van der Waals surface area contributed by atoms with Crippen LogP contribution in [0.1, 0.15) is 57.9 Å². The van der Waals surface area contributed by atoms with Crippen LogP contribution in [0, 0.1) is 6.92 Å². The van der Waals surface area contributed by atoms with Gasteiger partial charge in [0.25, 0.3) is 11.8 Å². The molecule has 2 aromatic rings. The fourth-order valence-electron chi connectivity index (χ4n) is 4.11. The van der Waals surface area contributed by atoms with Crippen LogP contribution < -0.4 is 10.6 Å². The smallest absolute Gasteiger partial charge is 0.317 e. The minimum absolute atomic E-state index is 0.0192. The Balaban J connectivity index is 1.30. The molecular weight excluding hydrogens is 416 g/mol. The van der Waals surface area contributed by atoms with E-state index >= 15 is 0 Å². The summed E-state index contributed by atoms with van der Waals surface area (Å²) in [5, 5.41) is 6.53. The van der Waals surface area contributed by atoms with E-state index in [-0.39, 0.29) is 29.6 Å². The highest BCUT2D eigenvalue weighted by Crippen LogP contribution is 2.29. The average Bonchev–Trinajstić information content (AvgIpc) is 3.44. The van der Waals surface area contributed by atoms with Crippen LogP contribution in [-0.4, -0.2) is 59.9 Å². The topological polar surface area (TPSA) is 94.9 Å². The molecule has 0 radical (unpaired) electrons. The number of rotatable bonds is 4. The van der Waals surface area contributed by atoms with Crippen LogP contribution in [0.3, 0.4) is 0 Å². The van der Waals surface area contributed by atoms with E-state index in [0.717, 1.165) is 18.4 Å². The Bertz CT molecular complexity index is 925. The van der Waals surface area contributed by atoms with Crippen LogP contribution in [0.15, 0.2) is 28.9 Å². The lowest BCUT2D eigenvalue weighted by Gasteiger charge is -2.36. The van der Waals surface area contributed by atoms with Gasteiger partial charge in [0.05, 0.1) is 16.1 Å². The Morgan fingerprint density at radius 2 is 1.77 bits per heavy atom. The molecule has 2 aromatic heterocycles. The molecule has 0 atom stereocenters. The number of amides is 4. The largest absolute Gasteiger partial charge is 0.459 e. The maximum Gasteiger partial charge on any atom is 0.317 e. The van der Waals surface area contributed by atoms with Crippen molar-refractivity contribution in [2.24, 2.45) is 0 Å². The minimum atomic E-state index is -0.345. The Morgan fingerprint density at radius 1 is 1.06 bits per heavy atom. The fourth-order valence-corrected chi connectivity index (χ4v) is 5.14. The monoisotopic (exact) mass is 444 g/mol. The van der Waals surface area contributed by atoms with Gasteiger partial charge in [-0.2, -0.15) is 0 Å². The number of carbonyl (C=O) groups is 3. The van der Waals surface area contributed by atoms with Crippen molar-refractivity contribution in [2.45, 2.75) is 45.1 Å². The standard InChI is InChI=1S/C22H28N4O4S/c1-15-14-18(24-20(27)17-8-5-13-30-17)31-19(15)21(28)25-9-11-26(12-10-25)22(29)23-16-6-3-2-4-7-16/h5,8,13-14,16H,2-4,6-7,9-12H2,1H3,(H,23,29)(H,24,27). The molecule has 2 fully saturated rings. The highest BCUT2D eigenvalue weighted by Gasteiger charge is 2.28. The van der Waals surface area contributed by atoms with Crippen molar-refractivity contribution in [3.8, 4) is 0 Å². The Kier molecular flexibility index (Phi) is 6.60. The van der Waals surface area contributed by atoms with E-state index in [1.54, 1.807) is 28.0 Å². The normalized spacial score (nSPS) is 17.5. The molecule has 1 saturated carbocycles. The summed E-state index contributed by atoms with van der Waals surface area (Å²) in [4.78, 5) is 41.9. The lowest BCUT2D eigenvalue weighted by atomic mass is 9.96. The first-order valence-electron chi connectivity index (χ1n) is 10.8. The van der Waals surface area contributed by atoms with E-state index in [4.69, 9.17) is 4.42 Å². The zero-order valence-electron chi connectivity index (χ0n) is 17.7. The summed E-state index contributed by atoms with van der Waals surface area (Å²) in [6.45, 7) is 3.92.